The Balaban J connectivity index is 1.88. The van der Waals surface area contributed by atoms with Gasteiger partial charge in [-0.3, -0.25) is 9.59 Å². The first-order valence-electron chi connectivity index (χ1n) is 12.4. The van der Waals surface area contributed by atoms with Crippen LogP contribution in [-0.4, -0.2) is 29.3 Å². The van der Waals surface area contributed by atoms with Crippen LogP contribution in [0.15, 0.2) is 103 Å². The zero-order valence-corrected chi connectivity index (χ0v) is 20.6. The molecule has 0 heterocycles. The molecule has 0 saturated carbocycles. The molecule has 4 N–H and O–H groups in total. The van der Waals surface area contributed by atoms with Gasteiger partial charge in [-0.2, -0.15) is 0 Å². The van der Waals surface area contributed by atoms with Gasteiger partial charge in [-0.15, -0.1) is 0 Å². The fraction of sp³-hybridized carbons (Fsp3) is 0.226. The number of amides is 2. The number of hydrogen-bond acceptors (Lipinski definition) is 3. The quantitative estimate of drug-likeness (QED) is 0.329. The molecule has 0 unspecified atom stereocenters. The van der Waals surface area contributed by atoms with Crippen molar-refractivity contribution in [1.82, 2.24) is 4.90 Å². The van der Waals surface area contributed by atoms with Crippen LogP contribution in [0.1, 0.15) is 48.4 Å². The lowest BCUT2D eigenvalue weighted by atomic mass is 9.87. The van der Waals surface area contributed by atoms with Crippen LogP contribution < -0.4 is 11.5 Å². The molecule has 0 saturated heterocycles. The highest BCUT2D eigenvalue weighted by molar-refractivity contribution is 5.93. The zero-order chi connectivity index (χ0) is 25.5. The van der Waals surface area contributed by atoms with Crippen LogP contribution >= 0.6 is 0 Å². The summed E-state index contributed by atoms with van der Waals surface area (Å²) in [6.45, 7) is 2.39. The van der Waals surface area contributed by atoms with Crippen LogP contribution in [0.3, 0.4) is 0 Å². The summed E-state index contributed by atoms with van der Waals surface area (Å²) in [6.07, 6.45) is 0.990. The van der Waals surface area contributed by atoms with E-state index < -0.39 is 23.9 Å². The molecule has 36 heavy (non-hydrogen) atoms. The number of carbonyl (C=O) groups excluding carboxylic acids is 2. The van der Waals surface area contributed by atoms with Crippen molar-refractivity contribution in [2.24, 2.45) is 11.5 Å². The van der Waals surface area contributed by atoms with E-state index in [1.807, 2.05) is 91.9 Å². The molecule has 0 spiro atoms. The molecule has 0 aliphatic carbocycles. The molecule has 4 rings (SSSR count). The number of nitrogens with two attached hydrogens (primary N) is 2. The van der Waals surface area contributed by atoms with Crippen molar-refractivity contribution in [1.29, 1.82) is 0 Å². The smallest absolute Gasteiger partial charge is 0.240 e. The first kappa shape index (κ1) is 25.1. The number of hydrogen-bond donors (Lipinski definition) is 2. The fourth-order valence-corrected chi connectivity index (χ4v) is 5.03. The van der Waals surface area contributed by atoms with Gasteiger partial charge in [0.25, 0.3) is 0 Å². The maximum atomic E-state index is 14.6. The second-order valence-electron chi connectivity index (χ2n) is 9.09. The van der Waals surface area contributed by atoms with Crippen LogP contribution in [0.25, 0.3) is 10.8 Å². The maximum Gasteiger partial charge on any atom is 0.240 e. The molecule has 184 valence electrons. The van der Waals surface area contributed by atoms with E-state index in [0.29, 0.717) is 19.4 Å². The number of fused-ring (bicyclic) bond motifs is 1. The number of nitrogens with zero attached hydrogens (tertiary/aromatic N) is 1. The van der Waals surface area contributed by atoms with Crippen molar-refractivity contribution in [2.75, 3.05) is 6.54 Å². The van der Waals surface area contributed by atoms with Crippen molar-refractivity contribution in [3.05, 3.63) is 120 Å². The Morgan fingerprint density at radius 3 is 1.92 bits per heavy atom. The Morgan fingerprint density at radius 2 is 1.33 bits per heavy atom. The molecule has 5 nitrogen and oxygen atoms in total. The van der Waals surface area contributed by atoms with Crippen molar-refractivity contribution in [3.8, 4) is 0 Å². The van der Waals surface area contributed by atoms with Gasteiger partial charge in [-0.05, 0) is 53.8 Å². The highest BCUT2D eigenvalue weighted by Gasteiger charge is 2.37. The van der Waals surface area contributed by atoms with Gasteiger partial charge in [0.2, 0.25) is 11.8 Å². The summed E-state index contributed by atoms with van der Waals surface area (Å²) in [5, 5.41) is 2.12. The Bertz CT molecular complexity index is 1260. The van der Waals surface area contributed by atoms with E-state index in [1.165, 1.54) is 0 Å². The monoisotopic (exact) mass is 479 g/mol. The molecule has 5 heteroatoms. The first-order valence-corrected chi connectivity index (χ1v) is 12.4. The number of benzene rings is 4. The number of primary amides is 1. The van der Waals surface area contributed by atoms with Gasteiger partial charge in [0, 0.05) is 0 Å². The molecular weight excluding hydrogens is 446 g/mol. The molecule has 0 radical (unpaired) electrons. The van der Waals surface area contributed by atoms with E-state index in [-0.39, 0.29) is 5.91 Å². The van der Waals surface area contributed by atoms with Crippen molar-refractivity contribution >= 4 is 22.6 Å². The van der Waals surface area contributed by atoms with Gasteiger partial charge in [0.05, 0.1) is 12.0 Å². The van der Waals surface area contributed by atoms with Crippen molar-refractivity contribution in [3.63, 3.8) is 0 Å². The van der Waals surface area contributed by atoms with Crippen LogP contribution in [-0.2, 0) is 9.59 Å². The third kappa shape index (κ3) is 5.31. The van der Waals surface area contributed by atoms with Crippen molar-refractivity contribution in [2.45, 2.75) is 37.8 Å². The van der Waals surface area contributed by atoms with Gasteiger partial charge in [0.15, 0.2) is 0 Å². The molecule has 0 fully saturated rings. The van der Waals surface area contributed by atoms with E-state index in [9.17, 15) is 9.59 Å². The minimum Gasteiger partial charge on any atom is -0.368 e. The second kappa shape index (κ2) is 11.6. The SMILES string of the molecule is C[C@H](c1cccc2ccccc12)N(C(=O)C(c1ccccc1)c1ccccc1)[C@H](CCCN)C(N)=O. The Hall–Kier alpha value is -3.96. The molecular formula is C31H33N3O2. The molecule has 4 aromatic rings. The van der Waals surface area contributed by atoms with E-state index >= 15 is 0 Å². The summed E-state index contributed by atoms with van der Waals surface area (Å²) >= 11 is 0. The molecule has 2 atom stereocenters. The normalized spacial score (nSPS) is 12.9. The van der Waals surface area contributed by atoms with Crippen LogP contribution in [0.5, 0.6) is 0 Å². The summed E-state index contributed by atoms with van der Waals surface area (Å²) in [4.78, 5) is 29.1. The summed E-state index contributed by atoms with van der Waals surface area (Å²) in [7, 11) is 0. The lowest BCUT2D eigenvalue weighted by molar-refractivity contribution is -0.142. The zero-order valence-electron chi connectivity index (χ0n) is 20.6. The first-order chi connectivity index (χ1) is 17.5. The highest BCUT2D eigenvalue weighted by atomic mass is 16.2. The Kier molecular flexibility index (Phi) is 8.13. The molecule has 0 aliphatic rings. The summed E-state index contributed by atoms with van der Waals surface area (Å²) < 4.78 is 0. The average molecular weight is 480 g/mol. The molecule has 4 aromatic carbocycles. The number of carbonyl (C=O) groups is 2. The summed E-state index contributed by atoms with van der Waals surface area (Å²) in [5.41, 5.74) is 14.5. The predicted molar refractivity (Wildman–Crippen MR) is 145 cm³/mol. The van der Waals surface area contributed by atoms with E-state index in [2.05, 4.69) is 18.2 Å². The van der Waals surface area contributed by atoms with Gasteiger partial charge in [0.1, 0.15) is 6.04 Å². The lowest BCUT2D eigenvalue weighted by Crippen LogP contribution is -2.51. The minimum atomic E-state index is -0.787. The largest absolute Gasteiger partial charge is 0.368 e. The third-order valence-electron chi connectivity index (χ3n) is 6.80. The van der Waals surface area contributed by atoms with E-state index in [4.69, 9.17) is 11.5 Å². The van der Waals surface area contributed by atoms with Crippen LogP contribution in [0, 0.1) is 0 Å². The third-order valence-corrected chi connectivity index (χ3v) is 6.80. The van der Waals surface area contributed by atoms with Gasteiger partial charge in [-0.25, -0.2) is 0 Å². The lowest BCUT2D eigenvalue weighted by Gasteiger charge is -2.38. The standard InChI is InChI=1S/C31H33N3O2/c1-22(26-19-10-17-23-12-8-9-18-27(23)26)34(28(30(33)35)20-11-21-32)31(36)29(24-13-4-2-5-14-24)25-15-6-3-7-16-25/h2-10,12-19,22,28-29H,11,20-21,32H2,1H3,(H2,33,35)/t22-,28-/m1/s1. The van der Waals surface area contributed by atoms with Crippen LogP contribution in [0.2, 0.25) is 0 Å². The van der Waals surface area contributed by atoms with Gasteiger partial charge in [-0.1, -0.05) is 103 Å². The fourth-order valence-electron chi connectivity index (χ4n) is 5.03. The van der Waals surface area contributed by atoms with Gasteiger partial charge < -0.3 is 16.4 Å². The average Bonchev–Trinajstić information content (AvgIpc) is 2.91. The predicted octanol–water partition coefficient (Wildman–Crippen LogP) is 5.15. The molecule has 0 aliphatic heterocycles. The maximum absolute atomic E-state index is 14.6. The topological polar surface area (TPSA) is 89.4 Å². The van der Waals surface area contributed by atoms with E-state index in [0.717, 1.165) is 27.5 Å². The highest BCUT2D eigenvalue weighted by Crippen LogP contribution is 2.35. The molecule has 2 amide bonds. The van der Waals surface area contributed by atoms with Crippen LogP contribution in [0.4, 0.5) is 0 Å². The summed E-state index contributed by atoms with van der Waals surface area (Å²) in [6, 6.07) is 32.3. The minimum absolute atomic E-state index is 0.159. The van der Waals surface area contributed by atoms with Crippen molar-refractivity contribution < 1.29 is 9.59 Å². The number of rotatable bonds is 10. The Morgan fingerprint density at radius 1 is 0.778 bits per heavy atom. The second-order valence-corrected chi connectivity index (χ2v) is 9.09. The summed E-state index contributed by atoms with van der Waals surface area (Å²) in [5.74, 6) is -1.26. The molecule has 0 aromatic heterocycles. The van der Waals surface area contributed by atoms with Gasteiger partial charge >= 0.3 is 0 Å². The van der Waals surface area contributed by atoms with E-state index in [1.54, 1.807) is 4.90 Å². The molecule has 0 bridgehead atoms. The Labute approximate surface area is 212 Å².